The van der Waals surface area contributed by atoms with Crippen LogP contribution in [0.25, 0.3) is 0 Å². The summed E-state index contributed by atoms with van der Waals surface area (Å²) in [5, 5.41) is 0. The van der Waals surface area contributed by atoms with Crippen molar-refractivity contribution in [1.29, 1.82) is 0 Å². The standard InChI is InChI=1S/C13H20O/c1-10(2)12-5-7-13(9-14,8-6-12)11(3)4/h5-7,9-11H,8H2,1-4H3. The summed E-state index contributed by atoms with van der Waals surface area (Å²) < 4.78 is 0. The van der Waals surface area contributed by atoms with Crippen LogP contribution in [-0.4, -0.2) is 6.29 Å². The lowest BCUT2D eigenvalue weighted by Gasteiger charge is -2.31. The highest BCUT2D eigenvalue weighted by Crippen LogP contribution is 2.36. The molecule has 0 radical (unpaired) electrons. The molecule has 0 aromatic heterocycles. The first kappa shape index (κ1) is 11.2. The largest absolute Gasteiger partial charge is 0.302 e. The molecule has 1 rings (SSSR count). The summed E-state index contributed by atoms with van der Waals surface area (Å²) >= 11 is 0. The quantitative estimate of drug-likeness (QED) is 0.626. The Labute approximate surface area is 86.9 Å². The number of hydrogen-bond donors (Lipinski definition) is 0. The lowest BCUT2D eigenvalue weighted by molar-refractivity contribution is -0.115. The predicted octanol–water partition coefficient (Wildman–Crippen LogP) is 3.37. The fourth-order valence-corrected chi connectivity index (χ4v) is 1.76. The number of carbonyl (C=O) groups excluding carboxylic acids is 1. The van der Waals surface area contributed by atoms with Crippen molar-refractivity contribution in [3.8, 4) is 0 Å². The number of rotatable bonds is 3. The van der Waals surface area contributed by atoms with E-state index in [0.717, 1.165) is 12.7 Å². The molecule has 0 saturated carbocycles. The summed E-state index contributed by atoms with van der Waals surface area (Å²) in [6.07, 6.45) is 8.36. The van der Waals surface area contributed by atoms with Gasteiger partial charge >= 0.3 is 0 Å². The SMILES string of the molecule is CC(C)C1=CCC(C=O)(C(C)C)C=C1. The van der Waals surface area contributed by atoms with E-state index >= 15 is 0 Å². The molecular weight excluding hydrogens is 172 g/mol. The highest BCUT2D eigenvalue weighted by atomic mass is 16.1. The molecule has 0 heterocycles. The van der Waals surface area contributed by atoms with Crippen LogP contribution in [0.2, 0.25) is 0 Å². The smallest absolute Gasteiger partial charge is 0.130 e. The lowest BCUT2D eigenvalue weighted by Crippen LogP contribution is -2.28. The van der Waals surface area contributed by atoms with E-state index in [9.17, 15) is 4.79 Å². The first-order chi connectivity index (χ1) is 6.52. The van der Waals surface area contributed by atoms with Gasteiger partial charge in [0.15, 0.2) is 0 Å². The van der Waals surface area contributed by atoms with Gasteiger partial charge in [-0.3, -0.25) is 0 Å². The second kappa shape index (κ2) is 4.12. The molecule has 1 atom stereocenters. The maximum absolute atomic E-state index is 11.1. The molecular formula is C13H20O. The third kappa shape index (κ3) is 1.97. The van der Waals surface area contributed by atoms with Crippen molar-refractivity contribution in [2.24, 2.45) is 17.3 Å². The molecule has 0 aliphatic heterocycles. The van der Waals surface area contributed by atoms with Crippen molar-refractivity contribution >= 4 is 6.29 Å². The van der Waals surface area contributed by atoms with Crippen LogP contribution in [0.1, 0.15) is 34.1 Å². The first-order valence-electron chi connectivity index (χ1n) is 5.37. The Hall–Kier alpha value is -0.850. The molecule has 1 nitrogen and oxygen atoms in total. The van der Waals surface area contributed by atoms with Gasteiger partial charge < -0.3 is 4.79 Å². The molecule has 14 heavy (non-hydrogen) atoms. The van der Waals surface area contributed by atoms with E-state index in [4.69, 9.17) is 0 Å². The summed E-state index contributed by atoms with van der Waals surface area (Å²) in [4.78, 5) is 11.1. The molecule has 1 aliphatic rings. The number of aldehydes is 1. The van der Waals surface area contributed by atoms with Crippen LogP contribution in [0.3, 0.4) is 0 Å². The summed E-state index contributed by atoms with van der Waals surface area (Å²) in [5.74, 6) is 0.935. The van der Waals surface area contributed by atoms with E-state index in [1.54, 1.807) is 0 Å². The van der Waals surface area contributed by atoms with Gasteiger partial charge in [0.1, 0.15) is 6.29 Å². The van der Waals surface area contributed by atoms with Gasteiger partial charge in [-0.05, 0) is 23.8 Å². The molecule has 1 aliphatic carbocycles. The molecule has 0 N–H and O–H groups in total. The Balaban J connectivity index is 2.85. The van der Waals surface area contributed by atoms with Crippen molar-refractivity contribution in [2.75, 3.05) is 0 Å². The first-order valence-corrected chi connectivity index (χ1v) is 5.37. The fraction of sp³-hybridized carbons (Fsp3) is 0.615. The maximum atomic E-state index is 11.1. The van der Waals surface area contributed by atoms with Crippen molar-refractivity contribution in [1.82, 2.24) is 0 Å². The van der Waals surface area contributed by atoms with Crippen LogP contribution in [0, 0.1) is 17.3 Å². The zero-order valence-corrected chi connectivity index (χ0v) is 9.58. The average Bonchev–Trinajstić information content (AvgIpc) is 2.17. The second-order valence-corrected chi connectivity index (χ2v) is 4.78. The molecule has 0 saturated heterocycles. The Kier molecular flexibility index (Phi) is 3.30. The van der Waals surface area contributed by atoms with E-state index < -0.39 is 0 Å². The Bertz CT molecular complexity index is 271. The molecule has 78 valence electrons. The Morgan fingerprint density at radius 2 is 2.00 bits per heavy atom. The normalized spacial score (nSPS) is 26.9. The molecule has 0 spiro atoms. The van der Waals surface area contributed by atoms with Crippen molar-refractivity contribution in [2.45, 2.75) is 34.1 Å². The van der Waals surface area contributed by atoms with Gasteiger partial charge in [0.05, 0.1) is 0 Å². The van der Waals surface area contributed by atoms with Gasteiger partial charge in [-0.25, -0.2) is 0 Å². The Morgan fingerprint density at radius 3 is 2.29 bits per heavy atom. The van der Waals surface area contributed by atoms with E-state index in [-0.39, 0.29) is 5.41 Å². The van der Waals surface area contributed by atoms with Gasteiger partial charge in [-0.1, -0.05) is 45.9 Å². The molecule has 1 unspecified atom stereocenters. The number of carbonyl (C=O) groups is 1. The summed E-state index contributed by atoms with van der Waals surface area (Å²) in [7, 11) is 0. The molecule has 0 aromatic carbocycles. The van der Waals surface area contributed by atoms with Gasteiger partial charge in [0, 0.05) is 5.41 Å². The summed E-state index contributed by atoms with van der Waals surface area (Å²) in [6, 6.07) is 0. The van der Waals surface area contributed by atoms with E-state index in [1.165, 1.54) is 5.57 Å². The van der Waals surface area contributed by atoms with Crippen molar-refractivity contribution in [3.05, 3.63) is 23.8 Å². The summed E-state index contributed by atoms with van der Waals surface area (Å²) in [6.45, 7) is 8.57. The third-order valence-corrected chi connectivity index (χ3v) is 3.24. The monoisotopic (exact) mass is 192 g/mol. The minimum atomic E-state index is -0.252. The van der Waals surface area contributed by atoms with Gasteiger partial charge in [0.2, 0.25) is 0 Å². The fourth-order valence-electron chi connectivity index (χ4n) is 1.76. The zero-order chi connectivity index (χ0) is 10.8. The van der Waals surface area contributed by atoms with Crippen LogP contribution >= 0.6 is 0 Å². The number of allylic oxidation sites excluding steroid dienone is 4. The zero-order valence-electron chi connectivity index (χ0n) is 9.58. The van der Waals surface area contributed by atoms with Gasteiger partial charge in [-0.2, -0.15) is 0 Å². The molecule has 0 bridgehead atoms. The molecule has 0 aromatic rings. The van der Waals surface area contributed by atoms with Crippen LogP contribution in [0.15, 0.2) is 23.8 Å². The molecule has 1 heteroatoms. The van der Waals surface area contributed by atoms with Crippen LogP contribution in [0.5, 0.6) is 0 Å². The number of hydrogen-bond acceptors (Lipinski definition) is 1. The topological polar surface area (TPSA) is 17.1 Å². The minimum absolute atomic E-state index is 0.252. The summed E-state index contributed by atoms with van der Waals surface area (Å²) in [5.41, 5.74) is 1.10. The van der Waals surface area contributed by atoms with Gasteiger partial charge in [0.25, 0.3) is 0 Å². The van der Waals surface area contributed by atoms with Crippen LogP contribution in [0.4, 0.5) is 0 Å². The van der Waals surface area contributed by atoms with E-state index in [1.807, 2.05) is 0 Å². The molecule has 0 amide bonds. The van der Waals surface area contributed by atoms with Gasteiger partial charge in [-0.15, -0.1) is 0 Å². The Morgan fingerprint density at radius 1 is 1.36 bits per heavy atom. The maximum Gasteiger partial charge on any atom is 0.130 e. The van der Waals surface area contributed by atoms with E-state index in [2.05, 4.69) is 45.9 Å². The average molecular weight is 192 g/mol. The van der Waals surface area contributed by atoms with E-state index in [0.29, 0.717) is 11.8 Å². The third-order valence-electron chi connectivity index (χ3n) is 3.24. The predicted molar refractivity (Wildman–Crippen MR) is 60.0 cm³/mol. The lowest BCUT2D eigenvalue weighted by atomic mass is 9.72. The van der Waals surface area contributed by atoms with Crippen molar-refractivity contribution in [3.63, 3.8) is 0 Å². The highest BCUT2D eigenvalue weighted by Gasteiger charge is 2.31. The van der Waals surface area contributed by atoms with Crippen LogP contribution in [-0.2, 0) is 4.79 Å². The van der Waals surface area contributed by atoms with Crippen LogP contribution < -0.4 is 0 Å². The second-order valence-electron chi connectivity index (χ2n) is 4.78. The minimum Gasteiger partial charge on any atom is -0.302 e. The van der Waals surface area contributed by atoms with Crippen molar-refractivity contribution < 1.29 is 4.79 Å². The highest BCUT2D eigenvalue weighted by molar-refractivity contribution is 5.65. The molecule has 0 fully saturated rings.